The molecule has 3 rings (SSSR count). The minimum absolute atomic E-state index is 0.0562. The maximum Gasteiger partial charge on any atom is 0.211 e. The fraction of sp³-hybridized carbons (Fsp3) is 0.467. The maximum absolute atomic E-state index is 11.6. The number of rotatable bonds is 6. The van der Waals surface area contributed by atoms with E-state index < -0.39 is 10.0 Å². The van der Waals surface area contributed by atoms with Crippen LogP contribution >= 0.6 is 0 Å². The van der Waals surface area contributed by atoms with Crippen LogP contribution in [0.3, 0.4) is 0 Å². The summed E-state index contributed by atoms with van der Waals surface area (Å²) in [5.74, 6) is 0.0562. The van der Waals surface area contributed by atoms with Crippen molar-refractivity contribution in [2.75, 3.05) is 18.9 Å². The summed E-state index contributed by atoms with van der Waals surface area (Å²) < 4.78 is 33.3. The van der Waals surface area contributed by atoms with E-state index in [-0.39, 0.29) is 18.4 Å². The van der Waals surface area contributed by atoms with Crippen LogP contribution in [0.4, 0.5) is 0 Å². The predicted molar refractivity (Wildman–Crippen MR) is 85.4 cm³/mol. The standard InChI is InChI=1S/C15H20N4O3S/c1-2-23(20,21)17-9-14-15-12(6-8-22-14)10-19(18-15)11-13-5-3-4-7-16-13/h3-5,7,10,14,17H,2,6,8-9,11H2,1H3/t14-/m0/s1. The molecule has 2 aromatic rings. The molecule has 0 amide bonds. The summed E-state index contributed by atoms with van der Waals surface area (Å²) in [7, 11) is -3.24. The molecule has 0 aliphatic carbocycles. The molecule has 2 aromatic heterocycles. The normalized spacial score (nSPS) is 17.9. The van der Waals surface area contributed by atoms with Gasteiger partial charge in [0.25, 0.3) is 0 Å². The molecule has 23 heavy (non-hydrogen) atoms. The van der Waals surface area contributed by atoms with Gasteiger partial charge >= 0.3 is 0 Å². The number of hydrogen-bond donors (Lipinski definition) is 1. The van der Waals surface area contributed by atoms with E-state index in [4.69, 9.17) is 4.74 Å². The SMILES string of the molecule is CCS(=O)(=O)NC[C@@H]1OCCc2cn(Cc3ccccn3)nc21. The molecule has 124 valence electrons. The Bertz CT molecular complexity index is 758. The third kappa shape index (κ3) is 3.95. The van der Waals surface area contributed by atoms with Crippen LogP contribution in [-0.2, 0) is 27.7 Å². The molecule has 0 bridgehead atoms. The van der Waals surface area contributed by atoms with E-state index in [9.17, 15) is 8.42 Å². The number of aromatic nitrogens is 3. The largest absolute Gasteiger partial charge is 0.370 e. The third-order valence-corrected chi connectivity index (χ3v) is 5.15. The van der Waals surface area contributed by atoms with Gasteiger partial charge in [-0.3, -0.25) is 9.67 Å². The molecule has 0 spiro atoms. The average molecular weight is 336 g/mol. The van der Waals surface area contributed by atoms with Gasteiger partial charge in [-0.15, -0.1) is 0 Å². The van der Waals surface area contributed by atoms with Gasteiger partial charge in [0.05, 0.1) is 30.3 Å². The number of sulfonamides is 1. The molecule has 1 aliphatic heterocycles. The van der Waals surface area contributed by atoms with Crippen LogP contribution in [0.25, 0.3) is 0 Å². The van der Waals surface area contributed by atoms with Gasteiger partial charge in [-0.1, -0.05) is 6.07 Å². The second-order valence-corrected chi connectivity index (χ2v) is 7.52. The molecule has 0 saturated carbocycles. The highest BCUT2D eigenvalue weighted by Crippen LogP contribution is 2.25. The maximum atomic E-state index is 11.6. The summed E-state index contributed by atoms with van der Waals surface area (Å²) in [6, 6.07) is 5.77. The molecule has 0 aromatic carbocycles. The second kappa shape index (κ2) is 6.77. The van der Waals surface area contributed by atoms with E-state index in [1.807, 2.05) is 29.1 Å². The fourth-order valence-electron chi connectivity index (χ4n) is 2.53. The quantitative estimate of drug-likeness (QED) is 0.846. The van der Waals surface area contributed by atoms with Gasteiger partial charge in [-0.25, -0.2) is 13.1 Å². The van der Waals surface area contributed by atoms with Crippen molar-refractivity contribution in [3.8, 4) is 0 Å². The molecule has 1 atom stereocenters. The minimum atomic E-state index is -3.24. The van der Waals surface area contributed by atoms with Crippen molar-refractivity contribution < 1.29 is 13.2 Å². The highest BCUT2D eigenvalue weighted by Gasteiger charge is 2.26. The topological polar surface area (TPSA) is 86.1 Å². The predicted octanol–water partition coefficient (Wildman–Crippen LogP) is 0.879. The van der Waals surface area contributed by atoms with Gasteiger partial charge in [0, 0.05) is 18.9 Å². The smallest absolute Gasteiger partial charge is 0.211 e. The number of ether oxygens (including phenoxy) is 1. The van der Waals surface area contributed by atoms with Gasteiger partial charge in [0.15, 0.2) is 0 Å². The lowest BCUT2D eigenvalue weighted by atomic mass is 10.1. The zero-order valence-electron chi connectivity index (χ0n) is 13.0. The van der Waals surface area contributed by atoms with Gasteiger partial charge in [0.1, 0.15) is 6.10 Å². The average Bonchev–Trinajstić information content (AvgIpc) is 2.97. The minimum Gasteiger partial charge on any atom is -0.370 e. The van der Waals surface area contributed by atoms with Gasteiger partial charge < -0.3 is 4.74 Å². The van der Waals surface area contributed by atoms with Gasteiger partial charge in [-0.05, 0) is 31.0 Å². The Hall–Kier alpha value is -1.77. The summed E-state index contributed by atoms with van der Waals surface area (Å²) >= 11 is 0. The molecule has 0 fully saturated rings. The van der Waals surface area contributed by atoms with Crippen LogP contribution in [0.2, 0.25) is 0 Å². The first kappa shape index (κ1) is 16.1. The highest BCUT2D eigenvalue weighted by molar-refractivity contribution is 7.89. The molecule has 3 heterocycles. The Morgan fingerprint density at radius 3 is 3.04 bits per heavy atom. The number of pyridine rings is 1. The molecule has 1 N–H and O–H groups in total. The van der Waals surface area contributed by atoms with E-state index in [0.29, 0.717) is 13.2 Å². The molecule has 1 aliphatic rings. The van der Waals surface area contributed by atoms with Crippen LogP contribution < -0.4 is 4.72 Å². The van der Waals surface area contributed by atoms with Crippen molar-refractivity contribution in [1.29, 1.82) is 0 Å². The zero-order valence-corrected chi connectivity index (χ0v) is 13.8. The molecule has 7 nitrogen and oxygen atoms in total. The van der Waals surface area contributed by atoms with E-state index in [1.165, 1.54) is 0 Å². The van der Waals surface area contributed by atoms with Crippen LogP contribution in [0.1, 0.15) is 30.0 Å². The van der Waals surface area contributed by atoms with E-state index in [2.05, 4.69) is 14.8 Å². The lowest BCUT2D eigenvalue weighted by molar-refractivity contribution is 0.0430. The van der Waals surface area contributed by atoms with Crippen molar-refractivity contribution >= 4 is 10.0 Å². The van der Waals surface area contributed by atoms with Gasteiger partial charge in [0.2, 0.25) is 10.0 Å². The summed E-state index contributed by atoms with van der Waals surface area (Å²) in [5.41, 5.74) is 2.84. The van der Waals surface area contributed by atoms with Crippen LogP contribution in [0.15, 0.2) is 30.6 Å². The van der Waals surface area contributed by atoms with Crippen molar-refractivity contribution in [3.63, 3.8) is 0 Å². The fourth-order valence-corrected chi connectivity index (χ4v) is 3.14. The van der Waals surface area contributed by atoms with Crippen molar-refractivity contribution in [2.45, 2.75) is 26.0 Å². The molecule has 0 saturated heterocycles. The number of nitrogens with zero attached hydrogens (tertiary/aromatic N) is 3. The highest BCUT2D eigenvalue weighted by atomic mass is 32.2. The summed E-state index contributed by atoms with van der Waals surface area (Å²) in [6.45, 7) is 2.98. The first-order chi connectivity index (χ1) is 11.1. The van der Waals surface area contributed by atoms with E-state index >= 15 is 0 Å². The molecular weight excluding hydrogens is 316 g/mol. The number of fused-ring (bicyclic) bond motifs is 1. The lowest BCUT2D eigenvalue weighted by Crippen LogP contribution is -2.32. The Morgan fingerprint density at radius 2 is 2.30 bits per heavy atom. The number of hydrogen-bond acceptors (Lipinski definition) is 5. The Balaban J connectivity index is 1.74. The zero-order chi connectivity index (χ0) is 16.3. The van der Waals surface area contributed by atoms with E-state index in [1.54, 1.807) is 13.1 Å². The van der Waals surface area contributed by atoms with Gasteiger partial charge in [-0.2, -0.15) is 5.10 Å². The Morgan fingerprint density at radius 1 is 1.43 bits per heavy atom. The van der Waals surface area contributed by atoms with E-state index in [0.717, 1.165) is 23.4 Å². The monoisotopic (exact) mass is 336 g/mol. The summed E-state index contributed by atoms with van der Waals surface area (Å²) in [4.78, 5) is 4.30. The third-order valence-electron chi connectivity index (χ3n) is 3.78. The van der Waals surface area contributed by atoms with Crippen LogP contribution in [-0.4, -0.2) is 42.1 Å². The van der Waals surface area contributed by atoms with Crippen molar-refractivity contribution in [1.82, 2.24) is 19.5 Å². The first-order valence-corrected chi connectivity index (χ1v) is 9.27. The molecule has 8 heteroatoms. The molecule has 0 radical (unpaired) electrons. The molecular formula is C15H20N4O3S. The first-order valence-electron chi connectivity index (χ1n) is 7.62. The lowest BCUT2D eigenvalue weighted by Gasteiger charge is -2.22. The Kier molecular flexibility index (Phi) is 4.74. The summed E-state index contributed by atoms with van der Waals surface area (Å²) in [6.07, 6.45) is 4.19. The van der Waals surface area contributed by atoms with Crippen molar-refractivity contribution in [3.05, 3.63) is 47.5 Å². The second-order valence-electron chi connectivity index (χ2n) is 5.42. The van der Waals surface area contributed by atoms with Crippen LogP contribution in [0, 0.1) is 0 Å². The number of nitrogens with one attached hydrogen (secondary N) is 1. The Labute approximate surface area is 135 Å². The van der Waals surface area contributed by atoms with Crippen molar-refractivity contribution in [2.24, 2.45) is 0 Å². The molecule has 0 unspecified atom stereocenters. The summed E-state index contributed by atoms with van der Waals surface area (Å²) in [5, 5.41) is 4.57. The van der Waals surface area contributed by atoms with Crippen LogP contribution in [0.5, 0.6) is 0 Å².